The van der Waals surface area contributed by atoms with Crippen LogP contribution in [0.3, 0.4) is 0 Å². The van der Waals surface area contributed by atoms with Crippen LogP contribution in [0.5, 0.6) is 0 Å². The number of esters is 1. The van der Waals surface area contributed by atoms with E-state index in [1.165, 1.54) is 64.7 Å². The molecule has 3 heteroatoms. The number of aliphatic hydroxyl groups excluding tert-OH is 1. The number of carbonyl (C=O) groups is 1. The van der Waals surface area contributed by atoms with Crippen LogP contribution < -0.4 is 0 Å². The quantitative estimate of drug-likeness (QED) is 0.296. The second kappa shape index (κ2) is 11.3. The fourth-order valence-electron chi connectivity index (χ4n) is 9.48. The van der Waals surface area contributed by atoms with Gasteiger partial charge in [-0.2, -0.15) is 0 Å². The van der Waals surface area contributed by atoms with Gasteiger partial charge in [0, 0.05) is 12.3 Å². The molecule has 5 rings (SSSR count). The Labute approximate surface area is 228 Å². The van der Waals surface area contributed by atoms with Crippen molar-refractivity contribution >= 4 is 5.97 Å². The summed E-state index contributed by atoms with van der Waals surface area (Å²) in [5.41, 5.74) is 4.44. The van der Waals surface area contributed by atoms with Crippen LogP contribution in [-0.2, 0) is 9.53 Å². The zero-order valence-electron chi connectivity index (χ0n) is 25.3. The smallest absolute Gasteiger partial charge is 0.302 e. The van der Waals surface area contributed by atoms with Crippen molar-refractivity contribution < 1.29 is 14.6 Å². The monoisotopic (exact) mass is 512 g/mol. The first-order valence-electron chi connectivity index (χ1n) is 15.2. The third-order valence-electron chi connectivity index (χ3n) is 11.3. The Morgan fingerprint density at radius 3 is 2.30 bits per heavy atom. The Hall–Kier alpha value is -1.51. The van der Waals surface area contributed by atoms with Gasteiger partial charge in [0.2, 0.25) is 0 Å². The summed E-state index contributed by atoms with van der Waals surface area (Å²) in [6.07, 6.45) is 19.5. The molecule has 0 aliphatic heterocycles. The Kier molecular flexibility index (Phi) is 9.18. The molecule has 5 unspecified atom stereocenters. The maximum Gasteiger partial charge on any atom is 0.302 e. The molecule has 0 aromatic heterocycles. The maximum atomic E-state index is 11.6. The van der Waals surface area contributed by atoms with E-state index in [0.29, 0.717) is 17.4 Å². The highest BCUT2D eigenvalue weighted by atomic mass is 16.5. The molecule has 0 spiro atoms. The molecule has 210 valence electrons. The lowest BCUT2D eigenvalue weighted by Gasteiger charge is -2.68. The van der Waals surface area contributed by atoms with Gasteiger partial charge in [-0.15, -0.1) is 0 Å². The molecule has 37 heavy (non-hydrogen) atoms. The van der Waals surface area contributed by atoms with Gasteiger partial charge >= 0.3 is 5.97 Å². The predicted molar refractivity (Wildman–Crippen MR) is 155 cm³/mol. The normalized spacial score (nSPS) is 41.5. The molecule has 3 fully saturated rings. The van der Waals surface area contributed by atoms with Gasteiger partial charge in [0.1, 0.15) is 6.61 Å². The van der Waals surface area contributed by atoms with Crippen molar-refractivity contribution in [1.82, 2.24) is 0 Å². The van der Waals surface area contributed by atoms with E-state index in [4.69, 9.17) is 9.84 Å². The first-order chi connectivity index (χ1) is 17.3. The number of fused-ring (bicyclic) bond motifs is 7. The second-order valence-electron chi connectivity index (χ2n) is 13.8. The maximum absolute atomic E-state index is 11.6. The number of rotatable bonds is 2. The van der Waals surface area contributed by atoms with Crippen molar-refractivity contribution in [3.8, 4) is 0 Å². The number of hydrogen-bond acceptors (Lipinski definition) is 3. The SMILES string of the molecule is C=C(C)O.CC(=O)OCC12CCC=C1C1=CCC3C4(C)CCC[C@@H](C)C4CCC3(C)[C@]1(C)CC2.CCC. The lowest BCUT2D eigenvalue weighted by atomic mass is 9.36. The van der Waals surface area contributed by atoms with Crippen molar-refractivity contribution in [2.24, 2.45) is 39.4 Å². The number of allylic oxidation sites excluding steroid dienone is 4. The summed E-state index contributed by atoms with van der Waals surface area (Å²) in [5.74, 6) is 2.65. The van der Waals surface area contributed by atoms with Gasteiger partial charge in [-0.05, 0) is 103 Å². The average Bonchev–Trinajstić information content (AvgIpc) is 3.23. The Bertz CT molecular complexity index is 910. The van der Waals surface area contributed by atoms with E-state index in [0.717, 1.165) is 30.6 Å². The Balaban J connectivity index is 0.000000488. The van der Waals surface area contributed by atoms with Gasteiger partial charge < -0.3 is 9.84 Å². The van der Waals surface area contributed by atoms with Crippen LogP contribution in [0.2, 0.25) is 0 Å². The molecule has 5 aliphatic rings. The van der Waals surface area contributed by atoms with Gasteiger partial charge in [0.05, 0.1) is 5.76 Å². The number of hydrogen-bond donors (Lipinski definition) is 1. The highest BCUT2D eigenvalue weighted by Gasteiger charge is 2.65. The molecule has 3 nitrogen and oxygen atoms in total. The summed E-state index contributed by atoms with van der Waals surface area (Å²) >= 11 is 0. The van der Waals surface area contributed by atoms with E-state index in [1.54, 1.807) is 18.1 Å². The van der Waals surface area contributed by atoms with Crippen LogP contribution >= 0.6 is 0 Å². The fourth-order valence-corrected chi connectivity index (χ4v) is 9.48. The summed E-state index contributed by atoms with van der Waals surface area (Å²) in [5, 5.41) is 7.86. The van der Waals surface area contributed by atoms with E-state index < -0.39 is 0 Å². The van der Waals surface area contributed by atoms with Gasteiger partial charge in [-0.3, -0.25) is 4.79 Å². The van der Waals surface area contributed by atoms with Crippen LogP contribution in [0, 0.1) is 39.4 Å². The van der Waals surface area contributed by atoms with E-state index >= 15 is 0 Å². The zero-order valence-corrected chi connectivity index (χ0v) is 25.3. The number of ether oxygens (including phenoxy) is 1. The van der Waals surface area contributed by atoms with Crippen LogP contribution in [0.4, 0.5) is 0 Å². The fraction of sp³-hybridized carbons (Fsp3) is 0.794. The summed E-state index contributed by atoms with van der Waals surface area (Å²) < 4.78 is 5.62. The summed E-state index contributed by atoms with van der Waals surface area (Å²) in [6.45, 7) is 21.5. The highest BCUT2D eigenvalue weighted by Crippen LogP contribution is 2.73. The minimum atomic E-state index is -0.133. The zero-order chi connectivity index (χ0) is 27.6. The standard InChI is InChI=1S/C28H42O2.C3H6O.C3H8/c1-19-8-6-13-25(3)21(19)12-15-27(5)24(25)11-10-22-23-9-7-14-28(23,18-30-20(2)29)17-16-26(22,27)4;1-3(2)4;1-3-2/h9-10,19,21,24H,6-8,11-18H2,1-5H3;4H,1H2,2H3;3H2,1-2H3/t19-,21?,24?,25?,26-,27?,28?;;/m1../s1. The first-order valence-corrected chi connectivity index (χ1v) is 15.2. The second-order valence-corrected chi connectivity index (χ2v) is 13.8. The third kappa shape index (κ3) is 5.22. The van der Waals surface area contributed by atoms with Crippen LogP contribution in [0.1, 0.15) is 126 Å². The number of carbonyl (C=O) groups excluding carboxylic acids is 1. The summed E-state index contributed by atoms with van der Waals surface area (Å²) in [6, 6.07) is 0. The summed E-state index contributed by atoms with van der Waals surface area (Å²) in [7, 11) is 0. The van der Waals surface area contributed by atoms with Crippen molar-refractivity contribution in [2.75, 3.05) is 6.61 Å². The van der Waals surface area contributed by atoms with Crippen LogP contribution in [0.15, 0.2) is 35.6 Å². The molecular weight excluding hydrogens is 456 g/mol. The molecule has 3 saturated carbocycles. The molecule has 0 radical (unpaired) electrons. The highest BCUT2D eigenvalue weighted by molar-refractivity contribution is 5.66. The minimum absolute atomic E-state index is 0.0840. The van der Waals surface area contributed by atoms with Gasteiger partial charge in [-0.1, -0.05) is 79.5 Å². The van der Waals surface area contributed by atoms with Crippen LogP contribution in [-0.4, -0.2) is 17.7 Å². The molecule has 0 amide bonds. The lowest BCUT2D eigenvalue weighted by Crippen LogP contribution is -2.60. The van der Waals surface area contributed by atoms with Gasteiger partial charge in [0.15, 0.2) is 0 Å². The first kappa shape index (κ1) is 30.0. The molecule has 5 aliphatic carbocycles. The third-order valence-corrected chi connectivity index (χ3v) is 11.3. The topological polar surface area (TPSA) is 46.5 Å². The van der Waals surface area contributed by atoms with Crippen molar-refractivity contribution in [3.63, 3.8) is 0 Å². The molecule has 0 bridgehead atoms. The van der Waals surface area contributed by atoms with E-state index in [9.17, 15) is 4.79 Å². The molecule has 0 aromatic carbocycles. The molecule has 0 heterocycles. The Morgan fingerprint density at radius 1 is 1.03 bits per heavy atom. The molecule has 0 aromatic rings. The van der Waals surface area contributed by atoms with E-state index in [-0.39, 0.29) is 22.6 Å². The minimum Gasteiger partial charge on any atom is -0.513 e. The predicted octanol–water partition coefficient (Wildman–Crippen LogP) is 9.74. The van der Waals surface area contributed by atoms with Crippen molar-refractivity contribution in [2.45, 2.75) is 126 Å². The van der Waals surface area contributed by atoms with Gasteiger partial charge in [-0.25, -0.2) is 0 Å². The summed E-state index contributed by atoms with van der Waals surface area (Å²) in [4.78, 5) is 11.6. The molecular formula is C34H56O3. The van der Waals surface area contributed by atoms with E-state index in [1.807, 2.05) is 0 Å². The van der Waals surface area contributed by atoms with Crippen LogP contribution in [0.25, 0.3) is 0 Å². The number of aliphatic hydroxyl groups is 1. The molecule has 0 saturated heterocycles. The van der Waals surface area contributed by atoms with E-state index in [2.05, 4.69) is 60.3 Å². The average molecular weight is 513 g/mol. The molecule has 7 atom stereocenters. The largest absolute Gasteiger partial charge is 0.513 e. The lowest BCUT2D eigenvalue weighted by molar-refractivity contribution is -0.155. The Morgan fingerprint density at radius 2 is 1.68 bits per heavy atom. The van der Waals surface area contributed by atoms with Gasteiger partial charge in [0.25, 0.3) is 0 Å². The van der Waals surface area contributed by atoms with Crippen molar-refractivity contribution in [1.29, 1.82) is 0 Å². The van der Waals surface area contributed by atoms with Crippen molar-refractivity contribution in [3.05, 3.63) is 35.6 Å². The molecule has 1 N–H and O–H groups in total.